The Balaban J connectivity index is 2.27. The highest BCUT2D eigenvalue weighted by Crippen LogP contribution is 2.37. The topological polar surface area (TPSA) is 76.1 Å². The normalized spacial score (nSPS) is 20.3. The van der Waals surface area contributed by atoms with Crippen molar-refractivity contribution in [2.24, 2.45) is 0 Å². The fourth-order valence-electron chi connectivity index (χ4n) is 2.90. The number of nitrogens with zero attached hydrogens (tertiary/aromatic N) is 1. The van der Waals surface area contributed by atoms with Crippen molar-refractivity contribution >= 4 is 11.9 Å². The van der Waals surface area contributed by atoms with Crippen LogP contribution in [-0.2, 0) is 9.59 Å². The van der Waals surface area contributed by atoms with Gasteiger partial charge in [-0.25, -0.2) is 4.79 Å². The molecule has 1 amide bonds. The zero-order chi connectivity index (χ0) is 17.9. The molecule has 0 aliphatic carbocycles. The molecule has 8 heteroatoms. The van der Waals surface area contributed by atoms with E-state index in [9.17, 15) is 23.5 Å². The Morgan fingerprint density at radius 2 is 2.08 bits per heavy atom. The van der Waals surface area contributed by atoms with Crippen LogP contribution in [0, 0.1) is 0 Å². The van der Waals surface area contributed by atoms with Crippen LogP contribution in [0.4, 0.5) is 8.78 Å². The van der Waals surface area contributed by atoms with E-state index < -0.39 is 18.6 Å². The molecule has 1 fully saturated rings. The molecule has 0 bridgehead atoms. The zero-order valence-corrected chi connectivity index (χ0v) is 13.4. The van der Waals surface area contributed by atoms with E-state index in [2.05, 4.69) is 4.74 Å². The van der Waals surface area contributed by atoms with Crippen LogP contribution in [0.3, 0.4) is 0 Å². The Morgan fingerprint density at radius 1 is 1.38 bits per heavy atom. The van der Waals surface area contributed by atoms with Crippen molar-refractivity contribution in [2.75, 3.05) is 13.2 Å². The lowest BCUT2D eigenvalue weighted by atomic mass is 9.96. The van der Waals surface area contributed by atoms with E-state index in [4.69, 9.17) is 4.74 Å². The van der Waals surface area contributed by atoms with Crippen molar-refractivity contribution in [3.05, 3.63) is 23.8 Å². The first-order valence-corrected chi connectivity index (χ1v) is 7.55. The van der Waals surface area contributed by atoms with E-state index in [-0.39, 0.29) is 42.9 Å². The van der Waals surface area contributed by atoms with Crippen molar-refractivity contribution < 1.29 is 33.0 Å². The first kappa shape index (κ1) is 18.0. The number of aliphatic carboxylic acids is 1. The molecule has 1 aromatic rings. The summed E-state index contributed by atoms with van der Waals surface area (Å²) >= 11 is 0. The summed E-state index contributed by atoms with van der Waals surface area (Å²) in [6.07, 6.45) is 0.259. The van der Waals surface area contributed by atoms with Gasteiger partial charge in [-0.05, 0) is 31.0 Å². The lowest BCUT2D eigenvalue weighted by molar-refractivity contribution is -0.147. The van der Waals surface area contributed by atoms with E-state index in [1.54, 1.807) is 19.1 Å². The van der Waals surface area contributed by atoms with Gasteiger partial charge in [-0.3, -0.25) is 4.79 Å². The van der Waals surface area contributed by atoms with E-state index in [0.717, 1.165) is 5.56 Å². The summed E-state index contributed by atoms with van der Waals surface area (Å²) in [5.74, 6) is -1.49. The molecular weight excluding hydrogens is 324 g/mol. The van der Waals surface area contributed by atoms with Crippen molar-refractivity contribution in [1.29, 1.82) is 0 Å². The second kappa shape index (κ2) is 7.46. The first-order valence-electron chi connectivity index (χ1n) is 7.55. The van der Waals surface area contributed by atoms with Gasteiger partial charge in [0.15, 0.2) is 11.5 Å². The number of carboxylic acids is 1. The molecule has 2 atom stereocenters. The van der Waals surface area contributed by atoms with Crippen LogP contribution in [0.1, 0.15) is 31.7 Å². The largest absolute Gasteiger partial charge is 0.490 e. The minimum Gasteiger partial charge on any atom is -0.490 e. The third-order valence-corrected chi connectivity index (χ3v) is 3.95. The summed E-state index contributed by atoms with van der Waals surface area (Å²) in [5.41, 5.74) is 0.718. The third-order valence-electron chi connectivity index (χ3n) is 3.95. The molecule has 1 aromatic carbocycles. The van der Waals surface area contributed by atoms with Crippen molar-refractivity contribution in [2.45, 2.75) is 38.8 Å². The molecule has 1 saturated heterocycles. The minimum atomic E-state index is -2.97. The fourth-order valence-corrected chi connectivity index (χ4v) is 2.90. The number of benzene rings is 1. The Labute approximate surface area is 138 Å². The van der Waals surface area contributed by atoms with Crippen LogP contribution in [0.2, 0.25) is 0 Å². The summed E-state index contributed by atoms with van der Waals surface area (Å²) < 4.78 is 34.6. The molecule has 6 nitrogen and oxygen atoms in total. The number of rotatable bonds is 6. The quantitative estimate of drug-likeness (QED) is 0.859. The first-order chi connectivity index (χ1) is 11.3. The van der Waals surface area contributed by atoms with Crippen LogP contribution in [-0.4, -0.2) is 47.7 Å². The van der Waals surface area contributed by atoms with E-state index in [1.165, 1.54) is 17.9 Å². The van der Waals surface area contributed by atoms with Crippen LogP contribution >= 0.6 is 0 Å². The van der Waals surface area contributed by atoms with E-state index in [0.29, 0.717) is 0 Å². The zero-order valence-electron chi connectivity index (χ0n) is 13.4. The van der Waals surface area contributed by atoms with Gasteiger partial charge in [0.1, 0.15) is 6.04 Å². The van der Waals surface area contributed by atoms with Crippen molar-refractivity contribution in [3.63, 3.8) is 0 Å². The van der Waals surface area contributed by atoms with Gasteiger partial charge in [0.25, 0.3) is 0 Å². The number of carboxylic acid groups (broad SMARTS) is 1. The van der Waals surface area contributed by atoms with Crippen LogP contribution in [0.25, 0.3) is 0 Å². The highest BCUT2D eigenvalue weighted by atomic mass is 19.3. The number of carbonyl (C=O) groups excluding carboxylic acids is 1. The smallest absolute Gasteiger partial charge is 0.387 e. The van der Waals surface area contributed by atoms with Gasteiger partial charge < -0.3 is 19.5 Å². The van der Waals surface area contributed by atoms with Crippen molar-refractivity contribution in [1.82, 2.24) is 4.90 Å². The molecule has 1 unspecified atom stereocenters. The van der Waals surface area contributed by atoms with Gasteiger partial charge >= 0.3 is 12.6 Å². The Bertz CT molecular complexity index is 600. The van der Waals surface area contributed by atoms with Gasteiger partial charge in [-0.2, -0.15) is 8.78 Å². The second-order valence-corrected chi connectivity index (χ2v) is 5.48. The SMILES string of the molecule is CCOc1cc(C2C[C@H](C(=O)O)N(C(C)=O)C2)ccc1OC(F)F. The Morgan fingerprint density at radius 3 is 2.58 bits per heavy atom. The monoisotopic (exact) mass is 343 g/mol. The predicted octanol–water partition coefficient (Wildman–Crippen LogP) is 2.48. The number of carbonyl (C=O) groups is 2. The van der Waals surface area contributed by atoms with Gasteiger partial charge in [0.05, 0.1) is 6.61 Å². The highest BCUT2D eigenvalue weighted by molar-refractivity contribution is 5.83. The molecule has 1 N–H and O–H groups in total. The second-order valence-electron chi connectivity index (χ2n) is 5.48. The maximum Gasteiger partial charge on any atom is 0.387 e. The number of hydrogen-bond acceptors (Lipinski definition) is 4. The van der Waals surface area contributed by atoms with Gasteiger partial charge in [0.2, 0.25) is 5.91 Å². The fraction of sp³-hybridized carbons (Fsp3) is 0.500. The summed E-state index contributed by atoms with van der Waals surface area (Å²) in [5, 5.41) is 9.26. The number of alkyl halides is 2. The summed E-state index contributed by atoms with van der Waals surface area (Å²) in [6.45, 7) is 0.597. The van der Waals surface area contributed by atoms with Gasteiger partial charge in [-0.15, -0.1) is 0 Å². The van der Waals surface area contributed by atoms with Crippen molar-refractivity contribution in [3.8, 4) is 11.5 Å². The summed E-state index contributed by atoms with van der Waals surface area (Å²) in [4.78, 5) is 24.2. The maximum absolute atomic E-state index is 12.4. The maximum atomic E-state index is 12.4. The Kier molecular flexibility index (Phi) is 5.58. The average Bonchev–Trinajstić information content (AvgIpc) is 2.94. The molecule has 0 saturated carbocycles. The highest BCUT2D eigenvalue weighted by Gasteiger charge is 2.39. The average molecular weight is 343 g/mol. The lowest BCUT2D eigenvalue weighted by Crippen LogP contribution is -2.39. The summed E-state index contributed by atoms with van der Waals surface area (Å²) in [6, 6.07) is 3.64. The molecule has 0 spiro atoms. The molecule has 1 heterocycles. The molecule has 1 aliphatic rings. The van der Waals surface area contributed by atoms with E-state index >= 15 is 0 Å². The van der Waals surface area contributed by atoms with Crippen LogP contribution in [0.5, 0.6) is 11.5 Å². The molecule has 132 valence electrons. The van der Waals surface area contributed by atoms with Gasteiger partial charge in [-0.1, -0.05) is 6.07 Å². The predicted molar refractivity (Wildman–Crippen MR) is 80.4 cm³/mol. The molecule has 0 aromatic heterocycles. The summed E-state index contributed by atoms with van der Waals surface area (Å²) in [7, 11) is 0. The third kappa shape index (κ3) is 3.93. The molecule has 0 radical (unpaired) electrons. The number of amides is 1. The number of halogens is 2. The molecule has 24 heavy (non-hydrogen) atoms. The molecule has 1 aliphatic heterocycles. The number of ether oxygens (including phenoxy) is 2. The standard InChI is InChI=1S/C16H19F2NO5/c1-3-23-14-7-10(4-5-13(14)24-16(17)18)11-6-12(15(21)22)19(8-11)9(2)20/h4-5,7,11-12,16H,3,6,8H2,1-2H3,(H,21,22)/t11?,12-/m1/s1. The molecular formula is C16H19F2NO5. The lowest BCUT2D eigenvalue weighted by Gasteiger charge is -2.19. The Hall–Kier alpha value is -2.38. The van der Waals surface area contributed by atoms with Crippen LogP contribution < -0.4 is 9.47 Å². The van der Waals surface area contributed by atoms with Crippen LogP contribution in [0.15, 0.2) is 18.2 Å². The minimum absolute atomic E-state index is 0.0770. The van der Waals surface area contributed by atoms with Gasteiger partial charge in [0, 0.05) is 19.4 Å². The van der Waals surface area contributed by atoms with E-state index in [1.807, 2.05) is 0 Å². The number of hydrogen-bond donors (Lipinski definition) is 1. The number of likely N-dealkylation sites (tertiary alicyclic amines) is 1. The molecule has 2 rings (SSSR count).